The van der Waals surface area contributed by atoms with Gasteiger partial charge in [-0.25, -0.2) is 15.0 Å². The van der Waals surface area contributed by atoms with Crippen molar-refractivity contribution >= 4 is 32.3 Å². The van der Waals surface area contributed by atoms with Crippen LogP contribution in [0.2, 0.25) is 0 Å². The summed E-state index contributed by atoms with van der Waals surface area (Å²) in [5.41, 5.74) is 11.7. The Labute approximate surface area is 377 Å². The Morgan fingerprint density at radius 3 is 1.37 bits per heavy atom. The van der Waals surface area contributed by atoms with Crippen molar-refractivity contribution in [3.05, 3.63) is 246 Å². The van der Waals surface area contributed by atoms with Crippen LogP contribution in [0.5, 0.6) is 11.5 Å². The third-order valence-electron chi connectivity index (χ3n) is 14.0. The zero-order chi connectivity index (χ0) is 43.3. The molecular formula is C61H41N3O. The molecule has 65 heavy (non-hydrogen) atoms. The predicted octanol–water partition coefficient (Wildman–Crippen LogP) is 15.1. The largest absolute Gasteiger partial charge is 0.457 e. The molecule has 13 rings (SSSR count). The number of hydrogen-bond donors (Lipinski definition) is 0. The number of benzene rings is 10. The highest BCUT2D eigenvalue weighted by Crippen LogP contribution is 2.61. The van der Waals surface area contributed by atoms with E-state index in [1.165, 1.54) is 54.6 Å². The third-order valence-corrected chi connectivity index (χ3v) is 14.0. The standard InChI is InChI=1S/C61H41N3O/c1-60(2)49-25-10-11-26-50(49)61(52-27-12-14-29-55(52)65-56-30-15-13-28-53(56)61)51-34-32-40(37-54(51)60)39-19-16-20-41(35-39)58-62-57(38-17-4-3-5-18-38)63-59(64-58)42-31-33-47-45-23-7-6-21-43(45)44-22-8-9-24-46(44)48(47)36-42/h3-37H,1-2H3. The highest BCUT2D eigenvalue weighted by molar-refractivity contribution is 6.25. The van der Waals surface area contributed by atoms with Crippen molar-refractivity contribution in [1.29, 1.82) is 0 Å². The summed E-state index contributed by atoms with van der Waals surface area (Å²) in [6, 6.07) is 76.1. The maximum Gasteiger partial charge on any atom is 0.164 e. The van der Waals surface area contributed by atoms with Crippen molar-refractivity contribution in [3.8, 4) is 56.8 Å². The zero-order valence-electron chi connectivity index (χ0n) is 36.0. The Morgan fingerprint density at radius 1 is 0.292 bits per heavy atom. The second-order valence-corrected chi connectivity index (χ2v) is 17.9. The van der Waals surface area contributed by atoms with Crippen molar-refractivity contribution in [3.63, 3.8) is 0 Å². The quantitative estimate of drug-likeness (QED) is 0.166. The average molecular weight is 832 g/mol. The summed E-state index contributed by atoms with van der Waals surface area (Å²) < 4.78 is 6.64. The highest BCUT2D eigenvalue weighted by Gasteiger charge is 2.52. The summed E-state index contributed by atoms with van der Waals surface area (Å²) in [7, 11) is 0. The van der Waals surface area contributed by atoms with Crippen molar-refractivity contribution in [2.45, 2.75) is 24.7 Å². The van der Waals surface area contributed by atoms with Crippen LogP contribution in [0, 0.1) is 0 Å². The first kappa shape index (κ1) is 37.4. The summed E-state index contributed by atoms with van der Waals surface area (Å²) in [5.74, 6) is 3.67. The molecule has 0 amide bonds. The summed E-state index contributed by atoms with van der Waals surface area (Å²) >= 11 is 0. The van der Waals surface area contributed by atoms with Crippen LogP contribution in [0.3, 0.4) is 0 Å². The maximum atomic E-state index is 6.64. The van der Waals surface area contributed by atoms with Gasteiger partial charge in [-0.2, -0.15) is 0 Å². The Bertz CT molecular complexity index is 3660. The van der Waals surface area contributed by atoms with Crippen molar-refractivity contribution in [1.82, 2.24) is 15.0 Å². The fourth-order valence-corrected chi connectivity index (χ4v) is 11.0. The smallest absolute Gasteiger partial charge is 0.164 e. The van der Waals surface area contributed by atoms with Gasteiger partial charge in [0, 0.05) is 33.2 Å². The molecule has 0 unspecified atom stereocenters. The van der Waals surface area contributed by atoms with Crippen LogP contribution in [0.1, 0.15) is 47.2 Å². The van der Waals surface area contributed by atoms with Crippen molar-refractivity contribution < 1.29 is 4.74 Å². The molecule has 11 aromatic rings. The van der Waals surface area contributed by atoms with E-state index in [0.717, 1.165) is 50.4 Å². The van der Waals surface area contributed by atoms with Crippen LogP contribution >= 0.6 is 0 Å². The fourth-order valence-electron chi connectivity index (χ4n) is 11.0. The minimum atomic E-state index is -0.565. The van der Waals surface area contributed by atoms with Gasteiger partial charge in [-0.3, -0.25) is 0 Å². The molecule has 2 aliphatic rings. The third kappa shape index (κ3) is 5.53. The molecule has 0 radical (unpaired) electrons. The first-order valence-corrected chi connectivity index (χ1v) is 22.3. The molecule has 0 N–H and O–H groups in total. The van der Waals surface area contributed by atoms with E-state index in [1.807, 2.05) is 18.2 Å². The number of rotatable bonds is 4. The fraction of sp³-hybridized carbons (Fsp3) is 0.0656. The molecule has 1 spiro atoms. The van der Waals surface area contributed by atoms with Crippen LogP contribution in [-0.2, 0) is 10.8 Å². The Kier molecular flexibility index (Phi) is 8.13. The van der Waals surface area contributed by atoms with Gasteiger partial charge in [0.05, 0.1) is 5.41 Å². The molecule has 4 nitrogen and oxygen atoms in total. The minimum absolute atomic E-state index is 0.293. The average Bonchev–Trinajstić information content (AvgIpc) is 3.37. The molecular weight excluding hydrogens is 791 g/mol. The van der Waals surface area contributed by atoms with Gasteiger partial charge in [-0.05, 0) is 96.0 Å². The van der Waals surface area contributed by atoms with Crippen molar-refractivity contribution in [2.24, 2.45) is 0 Å². The van der Waals surface area contributed by atoms with E-state index in [2.05, 4.69) is 208 Å². The van der Waals surface area contributed by atoms with E-state index in [4.69, 9.17) is 19.7 Å². The molecule has 1 aliphatic heterocycles. The molecule has 1 aliphatic carbocycles. The number of fused-ring (bicyclic) bond motifs is 14. The van der Waals surface area contributed by atoms with Gasteiger partial charge >= 0.3 is 0 Å². The number of aromatic nitrogens is 3. The Morgan fingerprint density at radius 2 is 0.723 bits per heavy atom. The topological polar surface area (TPSA) is 47.9 Å². The lowest BCUT2D eigenvalue weighted by molar-refractivity contribution is 0.425. The summed E-state index contributed by atoms with van der Waals surface area (Å²) in [6.45, 7) is 4.73. The first-order valence-electron chi connectivity index (χ1n) is 22.3. The van der Waals surface area contributed by atoms with Crippen LogP contribution < -0.4 is 4.74 Å². The molecule has 0 bridgehead atoms. The summed E-state index contributed by atoms with van der Waals surface area (Å²) in [4.78, 5) is 15.6. The number of ether oxygens (including phenoxy) is 1. The van der Waals surface area contributed by atoms with Crippen LogP contribution in [0.25, 0.3) is 77.6 Å². The van der Waals surface area contributed by atoms with Gasteiger partial charge in [-0.1, -0.05) is 196 Å². The summed E-state index contributed by atoms with van der Waals surface area (Å²) in [6.07, 6.45) is 0. The van der Waals surface area contributed by atoms with Gasteiger partial charge in [0.25, 0.3) is 0 Å². The molecule has 4 heteroatoms. The van der Waals surface area contributed by atoms with Gasteiger partial charge in [-0.15, -0.1) is 0 Å². The second kappa shape index (κ2) is 14.2. The number of para-hydroxylation sites is 2. The normalized spacial score (nSPS) is 14.1. The molecule has 10 aromatic carbocycles. The second-order valence-electron chi connectivity index (χ2n) is 17.9. The van der Waals surface area contributed by atoms with Crippen LogP contribution in [0.4, 0.5) is 0 Å². The zero-order valence-corrected chi connectivity index (χ0v) is 36.0. The minimum Gasteiger partial charge on any atom is -0.457 e. The van der Waals surface area contributed by atoms with Gasteiger partial charge in [0.1, 0.15) is 11.5 Å². The summed E-state index contributed by atoms with van der Waals surface area (Å²) in [5, 5.41) is 7.32. The van der Waals surface area contributed by atoms with Crippen LogP contribution in [0.15, 0.2) is 212 Å². The van der Waals surface area contributed by atoms with E-state index >= 15 is 0 Å². The van der Waals surface area contributed by atoms with E-state index in [1.54, 1.807) is 0 Å². The Balaban J connectivity index is 0.980. The highest BCUT2D eigenvalue weighted by atomic mass is 16.5. The monoisotopic (exact) mass is 831 g/mol. The molecule has 0 saturated carbocycles. The predicted molar refractivity (Wildman–Crippen MR) is 265 cm³/mol. The van der Waals surface area contributed by atoms with Gasteiger partial charge in [0.15, 0.2) is 17.5 Å². The van der Waals surface area contributed by atoms with E-state index in [0.29, 0.717) is 17.5 Å². The number of hydrogen-bond acceptors (Lipinski definition) is 4. The lowest BCUT2D eigenvalue weighted by Gasteiger charge is -2.50. The van der Waals surface area contributed by atoms with Crippen molar-refractivity contribution in [2.75, 3.05) is 0 Å². The lowest BCUT2D eigenvalue weighted by atomic mass is 9.53. The van der Waals surface area contributed by atoms with Crippen LogP contribution in [-0.4, -0.2) is 15.0 Å². The van der Waals surface area contributed by atoms with Gasteiger partial charge < -0.3 is 4.74 Å². The molecule has 306 valence electrons. The molecule has 0 fully saturated rings. The Hall–Kier alpha value is -8.21. The van der Waals surface area contributed by atoms with E-state index in [-0.39, 0.29) is 5.41 Å². The first-order chi connectivity index (χ1) is 32.0. The number of nitrogens with zero attached hydrogens (tertiary/aromatic N) is 3. The van der Waals surface area contributed by atoms with Gasteiger partial charge in [0.2, 0.25) is 0 Å². The lowest BCUT2D eigenvalue weighted by Crippen LogP contribution is -2.43. The van der Waals surface area contributed by atoms with E-state index in [9.17, 15) is 0 Å². The molecule has 0 atom stereocenters. The molecule has 2 heterocycles. The molecule has 0 saturated heterocycles. The maximum absolute atomic E-state index is 6.64. The SMILES string of the molecule is CC1(C)c2ccccc2C2(c3ccccc3Oc3ccccc32)c2ccc(-c3cccc(-c4nc(-c5ccccc5)nc(-c5ccc6c7ccccc7c7ccccc7c6c5)n4)c3)cc21. The molecule has 1 aromatic heterocycles. The van der Waals surface area contributed by atoms with E-state index < -0.39 is 5.41 Å².